The summed E-state index contributed by atoms with van der Waals surface area (Å²) in [6, 6.07) is 8.93. The summed E-state index contributed by atoms with van der Waals surface area (Å²) in [5.41, 5.74) is 1.72. The molecule has 120 valence electrons. The van der Waals surface area contributed by atoms with E-state index in [1.54, 1.807) is 4.57 Å². The molecule has 1 amide bonds. The Hall–Kier alpha value is -2.28. The van der Waals surface area contributed by atoms with Crippen LogP contribution in [0.5, 0.6) is 0 Å². The monoisotopic (exact) mass is 330 g/mol. The Labute approximate surface area is 138 Å². The van der Waals surface area contributed by atoms with E-state index >= 15 is 0 Å². The van der Waals surface area contributed by atoms with Gasteiger partial charge >= 0.3 is 0 Å². The van der Waals surface area contributed by atoms with Gasteiger partial charge in [0.25, 0.3) is 5.56 Å². The zero-order chi connectivity index (χ0) is 16.4. The summed E-state index contributed by atoms with van der Waals surface area (Å²) in [5.74, 6) is 0.594. The lowest BCUT2D eigenvalue weighted by molar-refractivity contribution is -0.116. The maximum Gasteiger partial charge on any atom is 0.254 e. The Kier molecular flexibility index (Phi) is 4.38. The van der Waals surface area contributed by atoms with Crippen LogP contribution in [0.4, 0.5) is 11.4 Å². The number of amides is 1. The highest BCUT2D eigenvalue weighted by Gasteiger charge is 2.26. The number of benzene rings is 1. The summed E-state index contributed by atoms with van der Waals surface area (Å²) in [4.78, 5) is 30.4. The molecule has 0 bridgehead atoms. The minimum atomic E-state index is -0.141. The topological polar surface area (TPSA) is 67.2 Å². The molecule has 23 heavy (non-hydrogen) atoms. The maximum atomic E-state index is 12.2. The zero-order valence-electron chi connectivity index (χ0n) is 13.0. The second-order valence-corrected chi connectivity index (χ2v) is 6.58. The molecule has 3 rings (SSSR count). The first-order chi connectivity index (χ1) is 11.0. The Morgan fingerprint density at radius 1 is 1.35 bits per heavy atom. The third kappa shape index (κ3) is 3.39. The lowest BCUT2D eigenvalue weighted by Crippen LogP contribution is -2.26. The molecule has 0 radical (unpaired) electrons. The van der Waals surface area contributed by atoms with Gasteiger partial charge in [-0.2, -0.15) is 0 Å². The molecule has 0 spiro atoms. The number of rotatable bonds is 4. The molecule has 1 atom stereocenters. The van der Waals surface area contributed by atoms with Crippen molar-refractivity contribution in [2.75, 3.05) is 30.1 Å². The molecule has 1 aromatic heterocycles. The van der Waals surface area contributed by atoms with Crippen molar-refractivity contribution in [1.29, 1.82) is 0 Å². The highest BCUT2D eigenvalue weighted by atomic mass is 32.2. The normalized spacial score (nSPS) is 16.0. The van der Waals surface area contributed by atoms with Crippen LogP contribution in [-0.4, -0.2) is 35.3 Å². The van der Waals surface area contributed by atoms with E-state index in [0.717, 1.165) is 11.4 Å². The largest absolute Gasteiger partial charge is 0.378 e. The molecule has 1 aliphatic heterocycles. The van der Waals surface area contributed by atoms with Crippen molar-refractivity contribution in [3.63, 3.8) is 0 Å². The molecule has 0 saturated carbocycles. The Morgan fingerprint density at radius 2 is 2.09 bits per heavy atom. The molecule has 2 heterocycles. The van der Waals surface area contributed by atoms with Crippen LogP contribution in [0.15, 0.2) is 46.5 Å². The lowest BCUT2D eigenvalue weighted by Gasteiger charge is -2.14. The predicted octanol–water partition coefficient (Wildman–Crippen LogP) is 1.98. The third-order valence-electron chi connectivity index (χ3n) is 3.70. The van der Waals surface area contributed by atoms with Gasteiger partial charge in [0.15, 0.2) is 5.16 Å². The van der Waals surface area contributed by atoms with Crippen molar-refractivity contribution in [1.82, 2.24) is 9.55 Å². The molecule has 2 aromatic rings. The standard InChI is InChI=1S/C16H18N4O2S/c1-19(2)12-5-3-11(4-6-12)18-14(21)9-13-10-23-16-17-8-7-15(22)20(13)16/h3-8,13H,9-10H2,1-2H3,(H,18,21). The van der Waals surface area contributed by atoms with Crippen LogP contribution >= 0.6 is 11.8 Å². The Balaban J connectivity index is 1.66. The average molecular weight is 330 g/mol. The minimum absolute atomic E-state index is 0.100. The molecule has 7 heteroatoms. The van der Waals surface area contributed by atoms with Crippen LogP contribution in [0.1, 0.15) is 12.5 Å². The highest BCUT2D eigenvalue weighted by molar-refractivity contribution is 7.99. The van der Waals surface area contributed by atoms with Gasteiger partial charge in [-0.3, -0.25) is 14.2 Å². The third-order valence-corrected chi connectivity index (χ3v) is 4.82. The summed E-state index contributed by atoms with van der Waals surface area (Å²) in [6.45, 7) is 0. The van der Waals surface area contributed by atoms with E-state index in [9.17, 15) is 9.59 Å². The Morgan fingerprint density at radius 3 is 2.78 bits per heavy atom. The first-order valence-electron chi connectivity index (χ1n) is 7.32. The van der Waals surface area contributed by atoms with E-state index in [1.165, 1.54) is 24.0 Å². The smallest absolute Gasteiger partial charge is 0.254 e. The van der Waals surface area contributed by atoms with Crippen molar-refractivity contribution in [2.45, 2.75) is 17.6 Å². The summed E-state index contributed by atoms with van der Waals surface area (Å²) in [6.07, 6.45) is 1.77. The maximum absolute atomic E-state index is 12.2. The van der Waals surface area contributed by atoms with Crippen LogP contribution in [0, 0.1) is 0 Å². The van der Waals surface area contributed by atoms with Gasteiger partial charge in [0.2, 0.25) is 5.91 Å². The molecule has 0 aliphatic carbocycles. The van der Waals surface area contributed by atoms with Crippen LogP contribution in [0.25, 0.3) is 0 Å². The molecule has 0 fully saturated rings. The number of anilines is 2. The number of hydrogen-bond acceptors (Lipinski definition) is 5. The number of thioether (sulfide) groups is 1. The molecule has 1 N–H and O–H groups in total. The molecule has 6 nitrogen and oxygen atoms in total. The summed E-state index contributed by atoms with van der Waals surface area (Å²) < 4.78 is 1.61. The van der Waals surface area contributed by atoms with E-state index in [1.807, 2.05) is 43.3 Å². The van der Waals surface area contributed by atoms with Crippen molar-refractivity contribution in [3.8, 4) is 0 Å². The van der Waals surface area contributed by atoms with Gasteiger partial charge in [-0.25, -0.2) is 4.98 Å². The zero-order valence-corrected chi connectivity index (χ0v) is 13.8. The molecule has 1 unspecified atom stereocenters. The molecule has 0 saturated heterocycles. The number of hydrogen-bond donors (Lipinski definition) is 1. The van der Waals surface area contributed by atoms with E-state index in [4.69, 9.17) is 0 Å². The van der Waals surface area contributed by atoms with Gasteiger partial charge in [0.05, 0.1) is 6.04 Å². The number of fused-ring (bicyclic) bond motifs is 1. The van der Waals surface area contributed by atoms with E-state index in [-0.39, 0.29) is 23.9 Å². The van der Waals surface area contributed by atoms with Crippen molar-refractivity contribution >= 4 is 29.0 Å². The molecule has 1 aromatic carbocycles. The quantitative estimate of drug-likeness (QED) is 0.868. The lowest BCUT2D eigenvalue weighted by atomic mass is 10.2. The Bertz CT molecular complexity index is 770. The molecule has 1 aliphatic rings. The minimum Gasteiger partial charge on any atom is -0.378 e. The van der Waals surface area contributed by atoms with Gasteiger partial charge < -0.3 is 10.2 Å². The second-order valence-electron chi connectivity index (χ2n) is 5.59. The number of carbonyl (C=O) groups is 1. The number of aromatic nitrogens is 2. The van der Waals surface area contributed by atoms with Crippen molar-refractivity contribution in [2.24, 2.45) is 0 Å². The predicted molar refractivity (Wildman–Crippen MR) is 92.3 cm³/mol. The van der Waals surface area contributed by atoms with Crippen LogP contribution in [-0.2, 0) is 4.79 Å². The average Bonchev–Trinajstić information content (AvgIpc) is 2.92. The van der Waals surface area contributed by atoms with Crippen LogP contribution in [0.2, 0.25) is 0 Å². The van der Waals surface area contributed by atoms with E-state index in [2.05, 4.69) is 10.3 Å². The molecular weight excluding hydrogens is 312 g/mol. The molecular formula is C16H18N4O2S. The highest BCUT2D eigenvalue weighted by Crippen LogP contribution is 2.31. The fourth-order valence-electron chi connectivity index (χ4n) is 2.51. The number of nitrogens with one attached hydrogen (secondary N) is 1. The SMILES string of the molecule is CN(C)c1ccc(NC(=O)CC2CSc3nccc(=O)n32)cc1. The van der Waals surface area contributed by atoms with Gasteiger partial charge in [-0.15, -0.1) is 0 Å². The summed E-state index contributed by atoms with van der Waals surface area (Å²) >= 11 is 1.51. The van der Waals surface area contributed by atoms with Gasteiger partial charge in [0, 0.05) is 49.9 Å². The number of nitrogens with zero attached hydrogens (tertiary/aromatic N) is 3. The van der Waals surface area contributed by atoms with E-state index in [0.29, 0.717) is 10.9 Å². The summed E-state index contributed by atoms with van der Waals surface area (Å²) in [7, 11) is 3.93. The first-order valence-corrected chi connectivity index (χ1v) is 8.31. The van der Waals surface area contributed by atoms with Gasteiger partial charge in [-0.05, 0) is 24.3 Å². The second kappa shape index (κ2) is 6.45. The van der Waals surface area contributed by atoms with Crippen LogP contribution < -0.4 is 15.8 Å². The van der Waals surface area contributed by atoms with Crippen molar-refractivity contribution in [3.05, 3.63) is 46.9 Å². The summed E-state index contributed by atoms with van der Waals surface area (Å²) in [5, 5.41) is 3.57. The van der Waals surface area contributed by atoms with Gasteiger partial charge in [-0.1, -0.05) is 11.8 Å². The van der Waals surface area contributed by atoms with Gasteiger partial charge in [0.1, 0.15) is 0 Å². The van der Waals surface area contributed by atoms with Crippen molar-refractivity contribution < 1.29 is 4.79 Å². The fourth-order valence-corrected chi connectivity index (χ4v) is 3.63. The number of carbonyl (C=O) groups excluding carboxylic acids is 1. The fraction of sp³-hybridized carbons (Fsp3) is 0.312. The van der Waals surface area contributed by atoms with Crippen LogP contribution in [0.3, 0.4) is 0 Å². The van der Waals surface area contributed by atoms with E-state index < -0.39 is 0 Å². The first kappa shape index (κ1) is 15.6.